The zero-order valence-electron chi connectivity index (χ0n) is 14.3. The molecule has 2 heterocycles. The highest BCUT2D eigenvalue weighted by Gasteiger charge is 2.17. The lowest BCUT2D eigenvalue weighted by atomic mass is 10.0. The number of rotatable bonds is 5. The number of benzene rings is 2. The number of thiazole rings is 1. The van der Waals surface area contributed by atoms with Gasteiger partial charge >= 0.3 is 0 Å². The van der Waals surface area contributed by atoms with Gasteiger partial charge in [-0.25, -0.2) is 0 Å². The summed E-state index contributed by atoms with van der Waals surface area (Å²) in [7, 11) is 0. The van der Waals surface area contributed by atoms with Crippen LogP contribution < -0.4 is 4.74 Å². The van der Waals surface area contributed by atoms with Gasteiger partial charge in [-0.3, -0.25) is 9.78 Å². The van der Waals surface area contributed by atoms with Crippen molar-refractivity contribution in [2.75, 3.05) is 0 Å². The molecule has 0 saturated carbocycles. The minimum Gasteiger partial charge on any atom is -0.494 e. The van der Waals surface area contributed by atoms with Crippen LogP contribution in [0.5, 0.6) is 11.6 Å². The maximum atomic E-state index is 11.9. The van der Waals surface area contributed by atoms with Gasteiger partial charge in [0.05, 0.1) is 26.5 Å². The number of carbonyl (C=O) groups excluding carboxylic acids is 1. The van der Waals surface area contributed by atoms with Crippen molar-refractivity contribution in [1.82, 2.24) is 9.97 Å². The summed E-state index contributed by atoms with van der Waals surface area (Å²) in [6, 6.07) is 11.1. The van der Waals surface area contributed by atoms with Gasteiger partial charge < -0.3 is 14.8 Å². The van der Waals surface area contributed by atoms with E-state index in [1.54, 1.807) is 29.1 Å². The lowest BCUT2D eigenvalue weighted by Crippen LogP contribution is -1.93. The van der Waals surface area contributed by atoms with Gasteiger partial charge in [0.1, 0.15) is 12.4 Å². The van der Waals surface area contributed by atoms with Crippen LogP contribution in [0.2, 0.25) is 5.02 Å². The monoisotopic (exact) mass is 398 g/mol. The summed E-state index contributed by atoms with van der Waals surface area (Å²) < 4.78 is 5.75. The van der Waals surface area contributed by atoms with Gasteiger partial charge in [-0.2, -0.15) is 0 Å². The Morgan fingerprint density at radius 2 is 2.07 bits per heavy atom. The smallest absolute Gasteiger partial charge is 0.200 e. The summed E-state index contributed by atoms with van der Waals surface area (Å²) in [6.45, 7) is 1.90. The van der Waals surface area contributed by atoms with E-state index < -0.39 is 0 Å². The maximum Gasteiger partial charge on any atom is 0.200 e. The van der Waals surface area contributed by atoms with E-state index in [-0.39, 0.29) is 17.2 Å². The Morgan fingerprint density at radius 1 is 1.30 bits per heavy atom. The van der Waals surface area contributed by atoms with Crippen LogP contribution in [0.3, 0.4) is 0 Å². The third-order valence-electron chi connectivity index (χ3n) is 4.25. The number of aromatic hydroxyl groups is 1. The van der Waals surface area contributed by atoms with Crippen LogP contribution in [0.4, 0.5) is 0 Å². The second-order valence-corrected chi connectivity index (χ2v) is 7.44. The summed E-state index contributed by atoms with van der Waals surface area (Å²) in [5.41, 5.74) is 4.33. The quantitative estimate of drug-likeness (QED) is 0.439. The summed E-state index contributed by atoms with van der Waals surface area (Å²) in [4.78, 5) is 19.7. The first-order valence-electron chi connectivity index (χ1n) is 8.18. The molecule has 0 atom stereocenters. The molecule has 2 aromatic carbocycles. The molecule has 4 aromatic rings. The van der Waals surface area contributed by atoms with E-state index >= 15 is 0 Å². The molecule has 0 unspecified atom stereocenters. The average Bonchev–Trinajstić information content (AvgIpc) is 3.26. The minimum atomic E-state index is -0.209. The molecule has 0 saturated heterocycles. The van der Waals surface area contributed by atoms with Crippen LogP contribution in [0.1, 0.15) is 22.2 Å². The molecule has 2 N–H and O–H groups in total. The molecule has 0 fully saturated rings. The third-order valence-corrected chi connectivity index (χ3v) is 5.31. The van der Waals surface area contributed by atoms with E-state index in [2.05, 4.69) is 9.97 Å². The van der Waals surface area contributed by atoms with Gasteiger partial charge in [-0.1, -0.05) is 23.7 Å². The standard InChI is InChI=1S/C20H15ClN2O3S/c1-11(24)19-16-6-15(17(21)7-18(16)23-20(19)25)12-2-4-13(5-3-12)26-9-14-8-22-10-27-14/h2-8,10,23,25H,9H2,1H3. The predicted molar refractivity (Wildman–Crippen MR) is 107 cm³/mol. The zero-order chi connectivity index (χ0) is 19.0. The van der Waals surface area contributed by atoms with Gasteiger partial charge in [0.15, 0.2) is 5.78 Å². The second-order valence-electron chi connectivity index (χ2n) is 6.06. The molecule has 0 radical (unpaired) electrons. The molecular weight excluding hydrogens is 384 g/mol. The number of carbonyl (C=O) groups is 1. The Morgan fingerprint density at radius 3 is 2.74 bits per heavy atom. The van der Waals surface area contributed by atoms with Crippen LogP contribution in [0, 0.1) is 0 Å². The number of ether oxygens (including phenoxy) is 1. The van der Waals surface area contributed by atoms with E-state index in [1.165, 1.54) is 6.92 Å². The number of ketones is 1. The first kappa shape index (κ1) is 17.6. The van der Waals surface area contributed by atoms with E-state index in [9.17, 15) is 9.90 Å². The van der Waals surface area contributed by atoms with Gasteiger partial charge in [0.2, 0.25) is 5.88 Å². The summed E-state index contributed by atoms with van der Waals surface area (Å²) in [6.07, 6.45) is 1.78. The summed E-state index contributed by atoms with van der Waals surface area (Å²) in [5, 5.41) is 11.2. The Balaban J connectivity index is 1.66. The molecule has 0 aliphatic heterocycles. The highest BCUT2D eigenvalue weighted by Crippen LogP contribution is 2.37. The fraction of sp³-hybridized carbons (Fsp3) is 0.100. The molecule has 0 bridgehead atoms. The van der Waals surface area contributed by atoms with Crippen molar-refractivity contribution in [2.24, 2.45) is 0 Å². The fourth-order valence-electron chi connectivity index (χ4n) is 2.98. The lowest BCUT2D eigenvalue weighted by molar-refractivity contribution is 0.101. The molecule has 0 aliphatic carbocycles. The van der Waals surface area contributed by atoms with Crippen molar-refractivity contribution in [3.05, 3.63) is 63.6 Å². The van der Waals surface area contributed by atoms with Crippen molar-refractivity contribution in [3.63, 3.8) is 0 Å². The molecule has 0 aliphatic rings. The summed E-state index contributed by atoms with van der Waals surface area (Å²) in [5.74, 6) is 0.393. The van der Waals surface area contributed by atoms with Crippen molar-refractivity contribution in [2.45, 2.75) is 13.5 Å². The highest BCUT2D eigenvalue weighted by molar-refractivity contribution is 7.09. The maximum absolute atomic E-state index is 11.9. The number of fused-ring (bicyclic) bond motifs is 1. The molecule has 136 valence electrons. The first-order valence-corrected chi connectivity index (χ1v) is 9.44. The van der Waals surface area contributed by atoms with Crippen molar-refractivity contribution in [1.29, 1.82) is 0 Å². The van der Waals surface area contributed by atoms with Crippen molar-refractivity contribution < 1.29 is 14.6 Å². The van der Waals surface area contributed by atoms with Crippen LogP contribution >= 0.6 is 22.9 Å². The Hall–Kier alpha value is -2.83. The van der Waals surface area contributed by atoms with Gasteiger partial charge in [0, 0.05) is 17.1 Å². The largest absolute Gasteiger partial charge is 0.494 e. The molecule has 4 rings (SSSR count). The number of nitrogens with one attached hydrogen (secondary N) is 1. The molecule has 2 aromatic heterocycles. The Bertz CT molecular complexity index is 1120. The average molecular weight is 399 g/mol. The number of Topliss-reactive ketones (excluding diaryl/α,β-unsaturated/α-hetero) is 1. The fourth-order valence-corrected chi connectivity index (χ4v) is 3.76. The SMILES string of the molecule is CC(=O)c1c(O)[nH]c2cc(Cl)c(-c3ccc(OCc4cncs4)cc3)cc12. The van der Waals surface area contributed by atoms with Gasteiger partial charge in [0.25, 0.3) is 0 Å². The zero-order valence-corrected chi connectivity index (χ0v) is 15.9. The van der Waals surface area contributed by atoms with E-state index in [0.717, 1.165) is 21.8 Å². The number of hydrogen-bond acceptors (Lipinski definition) is 5. The topological polar surface area (TPSA) is 75.2 Å². The van der Waals surface area contributed by atoms with Gasteiger partial charge in [-0.05, 0) is 36.8 Å². The number of H-pyrrole nitrogens is 1. The Labute approximate surface area is 164 Å². The number of aromatic amines is 1. The van der Waals surface area contributed by atoms with Crippen LogP contribution in [0.25, 0.3) is 22.0 Å². The Kier molecular flexibility index (Phi) is 4.59. The number of hydrogen-bond donors (Lipinski definition) is 2. The second kappa shape index (κ2) is 7.06. The van der Waals surface area contributed by atoms with E-state index in [0.29, 0.717) is 22.5 Å². The highest BCUT2D eigenvalue weighted by atomic mass is 35.5. The van der Waals surface area contributed by atoms with Gasteiger partial charge in [-0.15, -0.1) is 11.3 Å². The van der Waals surface area contributed by atoms with Crippen LogP contribution in [-0.4, -0.2) is 20.9 Å². The van der Waals surface area contributed by atoms with E-state index in [1.807, 2.05) is 30.3 Å². The number of nitrogens with zero attached hydrogens (tertiary/aromatic N) is 1. The number of halogens is 1. The van der Waals surface area contributed by atoms with E-state index in [4.69, 9.17) is 16.3 Å². The number of aromatic nitrogens is 2. The molecule has 27 heavy (non-hydrogen) atoms. The minimum absolute atomic E-state index is 0.141. The lowest BCUT2D eigenvalue weighted by Gasteiger charge is -2.08. The molecule has 0 amide bonds. The summed E-state index contributed by atoms with van der Waals surface area (Å²) >= 11 is 7.97. The predicted octanol–water partition coefficient (Wildman–Crippen LogP) is 5.43. The molecular formula is C20H15ClN2O3S. The first-order chi connectivity index (χ1) is 13.0. The molecule has 7 heteroatoms. The van der Waals surface area contributed by atoms with Crippen LogP contribution in [-0.2, 0) is 6.61 Å². The van der Waals surface area contributed by atoms with Crippen LogP contribution in [0.15, 0.2) is 48.1 Å². The molecule has 0 spiro atoms. The van der Waals surface area contributed by atoms with Crippen molar-refractivity contribution >= 4 is 39.6 Å². The molecule has 5 nitrogen and oxygen atoms in total. The third kappa shape index (κ3) is 3.41. The van der Waals surface area contributed by atoms with Crippen molar-refractivity contribution in [3.8, 4) is 22.8 Å². The normalized spacial score (nSPS) is 11.0.